The molecule has 0 saturated carbocycles. The summed E-state index contributed by atoms with van der Waals surface area (Å²) in [6.07, 6.45) is 0.560. The maximum Gasteiger partial charge on any atom is 0.237 e. The number of rotatable bonds is 5. The van der Waals surface area contributed by atoms with Gasteiger partial charge in [0.05, 0.1) is 12.1 Å². The lowest BCUT2D eigenvalue weighted by Crippen LogP contribution is -2.42. The summed E-state index contributed by atoms with van der Waals surface area (Å²) in [6, 6.07) is 2.11. The minimum Gasteiger partial charge on any atom is -0.348 e. The van der Waals surface area contributed by atoms with Crippen LogP contribution in [0.15, 0.2) is 18.2 Å². The maximum atomic E-state index is 13.5. The standard InChI is InChI=1S/C14H20F2N2O/c1-8(2)6-13(17)14(19)18-9(3)11-5-4-10(15)7-12(11)16/h4-5,7-9,13H,6,17H2,1-3H3,(H,18,19)/t9?,13-/m0/s1. The van der Waals surface area contributed by atoms with Crippen molar-refractivity contribution in [3.05, 3.63) is 35.4 Å². The molecule has 1 rings (SSSR count). The fourth-order valence-electron chi connectivity index (χ4n) is 1.87. The molecule has 0 aliphatic heterocycles. The molecule has 19 heavy (non-hydrogen) atoms. The first kappa shape index (κ1) is 15.6. The molecule has 0 radical (unpaired) electrons. The molecule has 5 heteroatoms. The summed E-state index contributed by atoms with van der Waals surface area (Å²) < 4.78 is 26.3. The number of hydrogen-bond donors (Lipinski definition) is 2. The quantitative estimate of drug-likeness (QED) is 0.863. The minimum absolute atomic E-state index is 0.242. The lowest BCUT2D eigenvalue weighted by atomic mass is 10.0. The van der Waals surface area contributed by atoms with E-state index in [9.17, 15) is 13.6 Å². The van der Waals surface area contributed by atoms with Crippen molar-refractivity contribution in [3.63, 3.8) is 0 Å². The molecule has 1 aromatic rings. The van der Waals surface area contributed by atoms with Crippen LogP contribution in [-0.2, 0) is 4.79 Å². The summed E-state index contributed by atoms with van der Waals surface area (Å²) in [5.74, 6) is -1.34. The molecule has 0 heterocycles. The predicted octanol–water partition coefficient (Wildman–Crippen LogP) is 2.52. The number of carbonyl (C=O) groups is 1. The third-order valence-corrected chi connectivity index (χ3v) is 2.85. The molecule has 0 aromatic heterocycles. The van der Waals surface area contributed by atoms with Crippen LogP contribution in [0.5, 0.6) is 0 Å². The average molecular weight is 270 g/mol. The number of hydrogen-bond acceptors (Lipinski definition) is 2. The Labute approximate surface area is 112 Å². The molecule has 3 nitrogen and oxygen atoms in total. The first-order chi connectivity index (χ1) is 8.81. The van der Waals surface area contributed by atoms with E-state index >= 15 is 0 Å². The lowest BCUT2D eigenvalue weighted by molar-refractivity contribution is -0.123. The van der Waals surface area contributed by atoms with Crippen molar-refractivity contribution >= 4 is 5.91 Å². The van der Waals surface area contributed by atoms with Gasteiger partial charge in [-0.3, -0.25) is 4.79 Å². The van der Waals surface area contributed by atoms with E-state index in [0.717, 1.165) is 12.1 Å². The van der Waals surface area contributed by atoms with Crippen LogP contribution >= 0.6 is 0 Å². The van der Waals surface area contributed by atoms with Gasteiger partial charge in [0.15, 0.2) is 0 Å². The molecule has 1 unspecified atom stereocenters. The van der Waals surface area contributed by atoms with E-state index in [1.807, 2.05) is 13.8 Å². The normalized spacial score (nSPS) is 14.3. The zero-order valence-electron chi connectivity index (χ0n) is 11.4. The van der Waals surface area contributed by atoms with Gasteiger partial charge in [0, 0.05) is 11.6 Å². The Balaban J connectivity index is 2.68. The molecular formula is C14H20F2N2O. The molecule has 0 spiro atoms. The third kappa shape index (κ3) is 4.59. The van der Waals surface area contributed by atoms with E-state index in [1.54, 1.807) is 6.92 Å². The molecule has 0 bridgehead atoms. The Bertz CT molecular complexity index is 449. The molecule has 0 fully saturated rings. The van der Waals surface area contributed by atoms with Gasteiger partial charge in [-0.05, 0) is 25.3 Å². The zero-order chi connectivity index (χ0) is 14.6. The van der Waals surface area contributed by atoms with Crippen LogP contribution in [0.3, 0.4) is 0 Å². The van der Waals surface area contributed by atoms with Gasteiger partial charge in [0.1, 0.15) is 11.6 Å². The van der Waals surface area contributed by atoms with Crippen molar-refractivity contribution in [2.75, 3.05) is 0 Å². The minimum atomic E-state index is -0.676. The number of halogens is 2. The monoisotopic (exact) mass is 270 g/mol. The van der Waals surface area contributed by atoms with Crippen LogP contribution in [0, 0.1) is 17.6 Å². The molecule has 106 valence electrons. The smallest absolute Gasteiger partial charge is 0.237 e. The maximum absolute atomic E-state index is 13.5. The van der Waals surface area contributed by atoms with Crippen LogP contribution in [0.1, 0.15) is 38.8 Å². The summed E-state index contributed by atoms with van der Waals surface area (Å²) in [6.45, 7) is 5.57. The van der Waals surface area contributed by atoms with E-state index in [2.05, 4.69) is 5.32 Å². The van der Waals surface area contributed by atoms with Crippen molar-refractivity contribution in [2.45, 2.75) is 39.3 Å². The number of carbonyl (C=O) groups excluding carboxylic acids is 1. The Morgan fingerprint density at radius 3 is 2.47 bits per heavy atom. The summed E-state index contributed by atoms with van der Waals surface area (Å²) in [5, 5.41) is 2.64. The van der Waals surface area contributed by atoms with Gasteiger partial charge in [-0.15, -0.1) is 0 Å². The van der Waals surface area contributed by atoms with Crippen LogP contribution in [0.25, 0.3) is 0 Å². The summed E-state index contributed by atoms with van der Waals surface area (Å²) in [5.41, 5.74) is 5.98. The van der Waals surface area contributed by atoms with Gasteiger partial charge in [-0.1, -0.05) is 19.9 Å². The first-order valence-corrected chi connectivity index (χ1v) is 6.32. The highest BCUT2D eigenvalue weighted by Gasteiger charge is 2.19. The molecule has 0 saturated heterocycles. The topological polar surface area (TPSA) is 55.1 Å². The second-order valence-electron chi connectivity index (χ2n) is 5.13. The zero-order valence-corrected chi connectivity index (χ0v) is 11.4. The fourth-order valence-corrected chi connectivity index (χ4v) is 1.87. The van der Waals surface area contributed by atoms with E-state index in [4.69, 9.17) is 5.73 Å². The lowest BCUT2D eigenvalue weighted by Gasteiger charge is -2.19. The molecule has 1 amide bonds. The van der Waals surface area contributed by atoms with Crippen molar-refractivity contribution in [3.8, 4) is 0 Å². The van der Waals surface area contributed by atoms with Crippen molar-refractivity contribution < 1.29 is 13.6 Å². The van der Waals surface area contributed by atoms with Gasteiger partial charge in [-0.25, -0.2) is 8.78 Å². The van der Waals surface area contributed by atoms with E-state index in [-0.39, 0.29) is 11.5 Å². The van der Waals surface area contributed by atoms with E-state index in [0.29, 0.717) is 12.3 Å². The van der Waals surface area contributed by atoms with E-state index < -0.39 is 23.7 Å². The number of nitrogens with two attached hydrogens (primary N) is 1. The fraction of sp³-hybridized carbons (Fsp3) is 0.500. The molecular weight excluding hydrogens is 250 g/mol. The summed E-state index contributed by atoms with van der Waals surface area (Å²) in [7, 11) is 0. The highest BCUT2D eigenvalue weighted by Crippen LogP contribution is 2.18. The molecule has 0 aliphatic carbocycles. The molecule has 2 atom stereocenters. The Morgan fingerprint density at radius 2 is 1.95 bits per heavy atom. The van der Waals surface area contributed by atoms with Gasteiger partial charge < -0.3 is 11.1 Å². The number of benzene rings is 1. The Kier molecular flexibility index (Phi) is 5.42. The second-order valence-corrected chi connectivity index (χ2v) is 5.13. The predicted molar refractivity (Wildman–Crippen MR) is 70.3 cm³/mol. The third-order valence-electron chi connectivity index (χ3n) is 2.85. The van der Waals surface area contributed by atoms with Crippen molar-refractivity contribution in [2.24, 2.45) is 11.7 Å². The molecule has 1 aromatic carbocycles. The average Bonchev–Trinajstić information content (AvgIpc) is 2.27. The van der Waals surface area contributed by atoms with Gasteiger partial charge >= 0.3 is 0 Å². The Morgan fingerprint density at radius 1 is 1.32 bits per heavy atom. The van der Waals surface area contributed by atoms with Gasteiger partial charge in [-0.2, -0.15) is 0 Å². The van der Waals surface area contributed by atoms with E-state index in [1.165, 1.54) is 6.07 Å². The van der Waals surface area contributed by atoms with Crippen LogP contribution in [-0.4, -0.2) is 11.9 Å². The van der Waals surface area contributed by atoms with Gasteiger partial charge in [0.25, 0.3) is 0 Å². The largest absolute Gasteiger partial charge is 0.348 e. The highest BCUT2D eigenvalue weighted by molar-refractivity contribution is 5.81. The molecule has 0 aliphatic rings. The van der Waals surface area contributed by atoms with Gasteiger partial charge in [0.2, 0.25) is 5.91 Å². The van der Waals surface area contributed by atoms with Crippen LogP contribution in [0.4, 0.5) is 8.78 Å². The summed E-state index contributed by atoms with van der Waals surface area (Å²) in [4.78, 5) is 11.8. The number of amides is 1. The van der Waals surface area contributed by atoms with Crippen molar-refractivity contribution in [1.29, 1.82) is 0 Å². The number of nitrogens with one attached hydrogen (secondary N) is 1. The summed E-state index contributed by atoms with van der Waals surface area (Å²) >= 11 is 0. The SMILES string of the molecule is CC(C)C[C@H](N)C(=O)NC(C)c1ccc(F)cc1F. The van der Waals surface area contributed by atoms with Crippen LogP contribution in [0.2, 0.25) is 0 Å². The second kappa shape index (κ2) is 6.61. The van der Waals surface area contributed by atoms with Crippen LogP contribution < -0.4 is 11.1 Å². The Hall–Kier alpha value is -1.49. The highest BCUT2D eigenvalue weighted by atomic mass is 19.1. The first-order valence-electron chi connectivity index (χ1n) is 6.32. The van der Waals surface area contributed by atoms with Crippen molar-refractivity contribution in [1.82, 2.24) is 5.32 Å². The molecule has 3 N–H and O–H groups in total.